The van der Waals surface area contributed by atoms with Crippen molar-refractivity contribution in [3.05, 3.63) is 60.4 Å². The van der Waals surface area contributed by atoms with E-state index in [1.807, 2.05) is 12.1 Å². The smallest absolute Gasteiger partial charge is 0.254 e. The average Bonchev–Trinajstić information content (AvgIpc) is 2.97. The largest absolute Gasteiger partial charge is 0.348 e. The molecule has 1 aromatic carbocycles. The SMILES string of the molecule is C=CCNC(=O)c1cnc(N2CCc3ccccc32)nc1. The predicted molar refractivity (Wildman–Crippen MR) is 81.7 cm³/mol. The molecule has 0 atom stereocenters. The maximum absolute atomic E-state index is 11.8. The van der Waals surface area contributed by atoms with Gasteiger partial charge in [0.15, 0.2) is 0 Å². The molecule has 1 aliphatic rings. The molecule has 2 heterocycles. The van der Waals surface area contributed by atoms with Gasteiger partial charge in [-0.25, -0.2) is 9.97 Å². The number of nitrogens with one attached hydrogen (secondary N) is 1. The van der Waals surface area contributed by atoms with E-state index < -0.39 is 0 Å². The van der Waals surface area contributed by atoms with Crippen LogP contribution in [-0.4, -0.2) is 29.0 Å². The molecule has 0 saturated carbocycles. The molecule has 0 bridgehead atoms. The highest BCUT2D eigenvalue weighted by Crippen LogP contribution is 2.31. The van der Waals surface area contributed by atoms with Crippen molar-refractivity contribution in [2.75, 3.05) is 18.0 Å². The summed E-state index contributed by atoms with van der Waals surface area (Å²) in [5, 5.41) is 2.70. The molecule has 1 aromatic heterocycles. The Kier molecular flexibility index (Phi) is 3.64. The molecule has 5 nitrogen and oxygen atoms in total. The van der Waals surface area contributed by atoms with E-state index in [-0.39, 0.29) is 5.91 Å². The Morgan fingerprint density at radius 3 is 2.86 bits per heavy atom. The summed E-state index contributed by atoms with van der Waals surface area (Å²) in [4.78, 5) is 22.5. The number of anilines is 2. The van der Waals surface area contributed by atoms with Gasteiger partial charge in [-0.05, 0) is 18.1 Å². The summed E-state index contributed by atoms with van der Waals surface area (Å²) in [5.74, 6) is 0.434. The topological polar surface area (TPSA) is 58.1 Å². The first-order valence-corrected chi connectivity index (χ1v) is 6.86. The van der Waals surface area contributed by atoms with E-state index in [4.69, 9.17) is 0 Å². The Hall–Kier alpha value is -2.69. The van der Waals surface area contributed by atoms with Gasteiger partial charge in [0.25, 0.3) is 5.91 Å². The molecule has 1 N–H and O–H groups in total. The Morgan fingerprint density at radius 2 is 2.10 bits per heavy atom. The van der Waals surface area contributed by atoms with Crippen LogP contribution in [0.3, 0.4) is 0 Å². The molecule has 1 amide bonds. The first-order chi connectivity index (χ1) is 10.3. The molecule has 0 fully saturated rings. The maximum atomic E-state index is 11.8. The van der Waals surface area contributed by atoms with Crippen LogP contribution >= 0.6 is 0 Å². The second kappa shape index (κ2) is 5.75. The Balaban J connectivity index is 1.79. The summed E-state index contributed by atoms with van der Waals surface area (Å²) < 4.78 is 0. The van der Waals surface area contributed by atoms with Crippen molar-refractivity contribution < 1.29 is 4.79 Å². The first-order valence-electron chi connectivity index (χ1n) is 6.86. The number of hydrogen-bond acceptors (Lipinski definition) is 4. The van der Waals surface area contributed by atoms with Gasteiger partial charge >= 0.3 is 0 Å². The third-order valence-corrected chi connectivity index (χ3v) is 3.44. The van der Waals surface area contributed by atoms with Crippen LogP contribution < -0.4 is 10.2 Å². The van der Waals surface area contributed by atoms with Crippen molar-refractivity contribution in [1.29, 1.82) is 0 Å². The zero-order valence-electron chi connectivity index (χ0n) is 11.6. The Labute approximate surface area is 123 Å². The minimum absolute atomic E-state index is 0.191. The molecule has 106 valence electrons. The van der Waals surface area contributed by atoms with E-state index in [1.165, 1.54) is 5.56 Å². The number of fused-ring (bicyclic) bond motifs is 1. The van der Waals surface area contributed by atoms with Crippen molar-refractivity contribution in [2.45, 2.75) is 6.42 Å². The molecular weight excluding hydrogens is 264 g/mol. The molecule has 0 unspecified atom stereocenters. The van der Waals surface area contributed by atoms with E-state index in [9.17, 15) is 4.79 Å². The number of hydrogen-bond donors (Lipinski definition) is 1. The van der Waals surface area contributed by atoms with Crippen LogP contribution in [0.25, 0.3) is 0 Å². The van der Waals surface area contributed by atoms with Gasteiger partial charge in [0.05, 0.1) is 5.56 Å². The summed E-state index contributed by atoms with van der Waals surface area (Å²) in [7, 11) is 0. The number of para-hydroxylation sites is 1. The highest BCUT2D eigenvalue weighted by Gasteiger charge is 2.21. The summed E-state index contributed by atoms with van der Waals surface area (Å²) in [6, 6.07) is 8.23. The quantitative estimate of drug-likeness (QED) is 0.871. The van der Waals surface area contributed by atoms with Crippen LogP contribution in [0.15, 0.2) is 49.3 Å². The molecule has 0 spiro atoms. The summed E-state index contributed by atoms with van der Waals surface area (Å²) in [6.07, 6.45) is 5.73. The van der Waals surface area contributed by atoms with Crippen LogP contribution in [0, 0.1) is 0 Å². The fraction of sp³-hybridized carbons (Fsp3) is 0.188. The van der Waals surface area contributed by atoms with Gasteiger partial charge in [-0.15, -0.1) is 6.58 Å². The minimum Gasteiger partial charge on any atom is -0.348 e. The zero-order valence-corrected chi connectivity index (χ0v) is 11.6. The van der Waals surface area contributed by atoms with Crippen molar-refractivity contribution in [3.63, 3.8) is 0 Å². The molecule has 3 rings (SSSR count). The van der Waals surface area contributed by atoms with Crippen LogP contribution in [-0.2, 0) is 6.42 Å². The van der Waals surface area contributed by atoms with Crippen LogP contribution in [0.5, 0.6) is 0 Å². The number of benzene rings is 1. The van der Waals surface area contributed by atoms with Gasteiger partial charge in [0, 0.05) is 31.2 Å². The van der Waals surface area contributed by atoms with Gasteiger partial charge in [-0.1, -0.05) is 24.3 Å². The third kappa shape index (κ3) is 2.63. The second-order valence-electron chi connectivity index (χ2n) is 4.80. The number of nitrogens with zero attached hydrogens (tertiary/aromatic N) is 3. The molecule has 0 radical (unpaired) electrons. The van der Waals surface area contributed by atoms with Crippen LogP contribution in [0.4, 0.5) is 11.6 Å². The normalized spacial score (nSPS) is 12.9. The van der Waals surface area contributed by atoms with Gasteiger partial charge in [-0.3, -0.25) is 4.79 Å². The fourth-order valence-electron chi connectivity index (χ4n) is 2.39. The minimum atomic E-state index is -0.191. The molecule has 0 saturated heterocycles. The zero-order chi connectivity index (χ0) is 14.7. The van der Waals surface area contributed by atoms with E-state index >= 15 is 0 Å². The van der Waals surface area contributed by atoms with Crippen molar-refractivity contribution in [2.24, 2.45) is 0 Å². The van der Waals surface area contributed by atoms with Crippen molar-refractivity contribution >= 4 is 17.5 Å². The van der Waals surface area contributed by atoms with Crippen LogP contribution in [0.1, 0.15) is 15.9 Å². The fourth-order valence-corrected chi connectivity index (χ4v) is 2.39. The predicted octanol–water partition coefficient (Wildman–Crippen LogP) is 2.09. The maximum Gasteiger partial charge on any atom is 0.254 e. The second-order valence-corrected chi connectivity index (χ2v) is 4.80. The van der Waals surface area contributed by atoms with Crippen molar-refractivity contribution in [1.82, 2.24) is 15.3 Å². The number of aromatic nitrogens is 2. The van der Waals surface area contributed by atoms with E-state index in [0.29, 0.717) is 18.1 Å². The van der Waals surface area contributed by atoms with Crippen molar-refractivity contribution in [3.8, 4) is 0 Å². The summed E-state index contributed by atoms with van der Waals surface area (Å²) >= 11 is 0. The number of amides is 1. The highest BCUT2D eigenvalue weighted by molar-refractivity contribution is 5.93. The van der Waals surface area contributed by atoms with Gasteiger partial charge < -0.3 is 10.2 Å². The lowest BCUT2D eigenvalue weighted by molar-refractivity contribution is 0.0957. The van der Waals surface area contributed by atoms with Crippen LogP contribution in [0.2, 0.25) is 0 Å². The average molecular weight is 280 g/mol. The lowest BCUT2D eigenvalue weighted by atomic mass is 10.2. The highest BCUT2D eigenvalue weighted by atomic mass is 16.1. The molecule has 5 heteroatoms. The molecular formula is C16H16N4O. The number of rotatable bonds is 4. The Bertz CT molecular complexity index is 666. The van der Waals surface area contributed by atoms with Gasteiger partial charge in [0.2, 0.25) is 5.95 Å². The van der Waals surface area contributed by atoms with E-state index in [2.05, 4.69) is 38.9 Å². The number of carbonyl (C=O) groups is 1. The standard InChI is InChI=1S/C16H16N4O/c1-2-8-17-15(21)13-10-18-16(19-11-13)20-9-7-12-5-3-4-6-14(12)20/h2-6,10-11H,1,7-9H2,(H,17,21). The molecule has 2 aromatic rings. The number of carbonyl (C=O) groups excluding carboxylic acids is 1. The monoisotopic (exact) mass is 280 g/mol. The summed E-state index contributed by atoms with van der Waals surface area (Å²) in [5.41, 5.74) is 2.89. The first kappa shape index (κ1) is 13.3. The van der Waals surface area contributed by atoms with E-state index in [0.717, 1.165) is 18.7 Å². The lowest BCUT2D eigenvalue weighted by Gasteiger charge is -2.16. The summed E-state index contributed by atoms with van der Waals surface area (Å²) in [6.45, 7) is 4.85. The Morgan fingerprint density at radius 1 is 1.33 bits per heavy atom. The molecule has 0 aliphatic carbocycles. The van der Waals surface area contributed by atoms with E-state index in [1.54, 1.807) is 18.5 Å². The lowest BCUT2D eigenvalue weighted by Crippen LogP contribution is -2.24. The third-order valence-electron chi connectivity index (χ3n) is 3.44. The van der Waals surface area contributed by atoms with Gasteiger partial charge in [0.1, 0.15) is 0 Å². The van der Waals surface area contributed by atoms with Gasteiger partial charge in [-0.2, -0.15) is 0 Å². The molecule has 21 heavy (non-hydrogen) atoms. The molecule has 1 aliphatic heterocycles.